The number of hydrogen-bond donors (Lipinski definition) is 2. The number of carbonyl (C=O) groups is 2. The monoisotopic (exact) mass is 270 g/mol. The first-order chi connectivity index (χ1) is 8.45. The van der Waals surface area contributed by atoms with E-state index in [4.69, 9.17) is 16.7 Å². The first-order valence-electron chi connectivity index (χ1n) is 5.42. The second-order valence-corrected chi connectivity index (χ2v) is 4.32. The third kappa shape index (κ3) is 3.63. The number of allylic oxidation sites excluding steroid dienone is 1. The molecule has 0 aliphatic carbocycles. The Morgan fingerprint density at radius 2 is 2.33 bits per heavy atom. The molecule has 1 rings (SSSR count). The van der Waals surface area contributed by atoms with Crippen LogP contribution in [0.4, 0.5) is 0 Å². The van der Waals surface area contributed by atoms with Crippen molar-refractivity contribution in [3.63, 3.8) is 0 Å². The van der Waals surface area contributed by atoms with Gasteiger partial charge in [-0.3, -0.25) is 4.79 Å². The zero-order valence-corrected chi connectivity index (χ0v) is 10.8. The van der Waals surface area contributed by atoms with Gasteiger partial charge in [-0.05, 0) is 18.9 Å². The van der Waals surface area contributed by atoms with E-state index in [1.807, 2.05) is 0 Å². The van der Waals surface area contributed by atoms with Gasteiger partial charge in [0.05, 0.1) is 5.02 Å². The van der Waals surface area contributed by atoms with Gasteiger partial charge in [-0.25, -0.2) is 4.79 Å². The highest BCUT2D eigenvalue weighted by Gasteiger charge is 2.21. The van der Waals surface area contributed by atoms with Crippen molar-refractivity contribution in [2.24, 2.45) is 7.05 Å². The zero-order chi connectivity index (χ0) is 13.7. The minimum Gasteiger partial charge on any atom is -0.480 e. The largest absolute Gasteiger partial charge is 0.480 e. The van der Waals surface area contributed by atoms with Gasteiger partial charge in [0.2, 0.25) is 0 Å². The van der Waals surface area contributed by atoms with Gasteiger partial charge in [0.1, 0.15) is 11.7 Å². The predicted molar refractivity (Wildman–Crippen MR) is 68.7 cm³/mol. The SMILES string of the molecule is C=CCCC(NC(=O)c1cc(Cl)cn1C)C(=O)O. The highest BCUT2D eigenvalue weighted by Crippen LogP contribution is 2.13. The summed E-state index contributed by atoms with van der Waals surface area (Å²) in [4.78, 5) is 22.9. The van der Waals surface area contributed by atoms with E-state index in [-0.39, 0.29) is 0 Å². The molecule has 0 radical (unpaired) electrons. The van der Waals surface area contributed by atoms with Crippen molar-refractivity contribution in [1.82, 2.24) is 9.88 Å². The second kappa shape index (κ2) is 6.26. The number of aliphatic carboxylic acids is 1. The molecule has 1 amide bonds. The molecule has 0 saturated heterocycles. The van der Waals surface area contributed by atoms with E-state index >= 15 is 0 Å². The van der Waals surface area contributed by atoms with Crippen molar-refractivity contribution in [3.8, 4) is 0 Å². The lowest BCUT2D eigenvalue weighted by Crippen LogP contribution is -2.41. The smallest absolute Gasteiger partial charge is 0.326 e. The molecule has 6 heteroatoms. The molecule has 0 spiro atoms. The lowest BCUT2D eigenvalue weighted by atomic mass is 10.1. The van der Waals surface area contributed by atoms with Crippen LogP contribution in [0.5, 0.6) is 0 Å². The highest BCUT2D eigenvalue weighted by atomic mass is 35.5. The molecule has 98 valence electrons. The lowest BCUT2D eigenvalue weighted by Gasteiger charge is -2.13. The number of aromatic nitrogens is 1. The quantitative estimate of drug-likeness (QED) is 0.775. The Balaban J connectivity index is 2.75. The summed E-state index contributed by atoms with van der Waals surface area (Å²) in [5, 5.41) is 11.9. The summed E-state index contributed by atoms with van der Waals surface area (Å²) in [5.41, 5.74) is 0.324. The average Bonchev–Trinajstić information content (AvgIpc) is 2.63. The molecule has 5 nitrogen and oxygen atoms in total. The Labute approximate surface area is 110 Å². The Bertz CT molecular complexity index is 468. The number of carboxylic acids is 1. The molecule has 0 bridgehead atoms. The number of carboxylic acid groups (broad SMARTS) is 1. The van der Waals surface area contributed by atoms with Crippen LogP contribution in [0, 0.1) is 0 Å². The molecule has 1 atom stereocenters. The van der Waals surface area contributed by atoms with E-state index in [9.17, 15) is 9.59 Å². The summed E-state index contributed by atoms with van der Waals surface area (Å²) >= 11 is 5.76. The number of hydrogen-bond acceptors (Lipinski definition) is 2. The molecule has 0 aliphatic rings. The van der Waals surface area contributed by atoms with Gasteiger partial charge < -0.3 is 15.0 Å². The van der Waals surface area contributed by atoms with Gasteiger partial charge in [-0.2, -0.15) is 0 Å². The number of nitrogens with one attached hydrogen (secondary N) is 1. The highest BCUT2D eigenvalue weighted by molar-refractivity contribution is 6.31. The fraction of sp³-hybridized carbons (Fsp3) is 0.333. The fourth-order valence-corrected chi connectivity index (χ4v) is 1.77. The summed E-state index contributed by atoms with van der Waals surface area (Å²) in [7, 11) is 1.67. The van der Waals surface area contributed by atoms with E-state index in [1.165, 1.54) is 6.07 Å². The first kappa shape index (κ1) is 14.3. The van der Waals surface area contributed by atoms with Gasteiger partial charge >= 0.3 is 5.97 Å². The number of carbonyl (C=O) groups excluding carboxylic acids is 1. The van der Waals surface area contributed by atoms with Gasteiger partial charge in [0, 0.05) is 13.2 Å². The normalized spacial score (nSPS) is 11.9. The summed E-state index contributed by atoms with van der Waals surface area (Å²) in [5.74, 6) is -1.52. The van der Waals surface area contributed by atoms with Crippen molar-refractivity contribution in [1.29, 1.82) is 0 Å². The van der Waals surface area contributed by atoms with Crippen molar-refractivity contribution < 1.29 is 14.7 Å². The van der Waals surface area contributed by atoms with Crippen LogP contribution in [0.1, 0.15) is 23.3 Å². The number of aryl methyl sites for hydroxylation is 1. The van der Waals surface area contributed by atoms with Crippen LogP contribution in [0.25, 0.3) is 0 Å². The lowest BCUT2D eigenvalue weighted by molar-refractivity contribution is -0.139. The minimum atomic E-state index is -1.06. The minimum absolute atomic E-state index is 0.308. The van der Waals surface area contributed by atoms with Crippen LogP contribution < -0.4 is 5.32 Å². The van der Waals surface area contributed by atoms with Crippen molar-refractivity contribution >= 4 is 23.5 Å². The summed E-state index contributed by atoms with van der Waals surface area (Å²) in [6, 6.07) is 0.563. The van der Waals surface area contributed by atoms with Crippen molar-refractivity contribution in [2.75, 3.05) is 0 Å². The number of halogens is 1. The third-order valence-corrected chi connectivity index (χ3v) is 2.67. The molecule has 0 saturated carbocycles. The summed E-state index contributed by atoms with van der Waals surface area (Å²) in [6.45, 7) is 3.52. The van der Waals surface area contributed by atoms with E-state index in [0.717, 1.165) is 0 Å². The maximum Gasteiger partial charge on any atom is 0.326 e. The molecule has 0 aromatic carbocycles. The second-order valence-electron chi connectivity index (χ2n) is 3.88. The van der Waals surface area contributed by atoms with Gasteiger partial charge in [-0.15, -0.1) is 6.58 Å². The number of nitrogens with zero attached hydrogens (tertiary/aromatic N) is 1. The molecule has 18 heavy (non-hydrogen) atoms. The standard InChI is InChI=1S/C12H15ClN2O3/c1-3-4-5-9(12(17)18)14-11(16)10-6-8(13)7-15(10)2/h3,6-7,9H,1,4-5H2,2H3,(H,14,16)(H,17,18). The van der Waals surface area contributed by atoms with Crippen LogP contribution in [-0.4, -0.2) is 27.6 Å². The molecular weight excluding hydrogens is 256 g/mol. The van der Waals surface area contributed by atoms with Crippen LogP contribution in [0.2, 0.25) is 5.02 Å². The van der Waals surface area contributed by atoms with E-state index in [0.29, 0.717) is 23.6 Å². The maximum atomic E-state index is 11.9. The molecule has 0 aliphatic heterocycles. The third-order valence-electron chi connectivity index (χ3n) is 2.47. The molecular formula is C12H15ClN2O3. The Hall–Kier alpha value is -1.75. The molecule has 1 aromatic rings. The van der Waals surface area contributed by atoms with Crippen molar-refractivity contribution in [3.05, 3.63) is 35.6 Å². The molecule has 1 unspecified atom stereocenters. The molecule has 2 N–H and O–H groups in total. The Morgan fingerprint density at radius 1 is 1.67 bits per heavy atom. The number of amides is 1. The average molecular weight is 271 g/mol. The van der Waals surface area contributed by atoms with E-state index in [2.05, 4.69) is 11.9 Å². The van der Waals surface area contributed by atoms with Crippen LogP contribution in [0.15, 0.2) is 24.9 Å². The Morgan fingerprint density at radius 3 is 2.78 bits per heavy atom. The van der Waals surface area contributed by atoms with Gasteiger partial charge in [0.25, 0.3) is 5.91 Å². The van der Waals surface area contributed by atoms with Crippen LogP contribution >= 0.6 is 11.6 Å². The van der Waals surface area contributed by atoms with E-state index < -0.39 is 17.9 Å². The summed E-state index contributed by atoms with van der Waals surface area (Å²) < 4.78 is 1.55. The molecule has 0 fully saturated rings. The Kier molecular flexibility index (Phi) is 4.97. The van der Waals surface area contributed by atoms with Crippen LogP contribution in [0.3, 0.4) is 0 Å². The first-order valence-corrected chi connectivity index (χ1v) is 5.80. The molecule has 1 heterocycles. The van der Waals surface area contributed by atoms with E-state index in [1.54, 1.807) is 23.9 Å². The van der Waals surface area contributed by atoms with Crippen LogP contribution in [-0.2, 0) is 11.8 Å². The maximum absolute atomic E-state index is 11.9. The number of rotatable bonds is 6. The molecule has 1 aromatic heterocycles. The topological polar surface area (TPSA) is 71.3 Å². The van der Waals surface area contributed by atoms with Crippen molar-refractivity contribution in [2.45, 2.75) is 18.9 Å². The fourth-order valence-electron chi connectivity index (χ4n) is 1.52. The van der Waals surface area contributed by atoms with Gasteiger partial charge in [-0.1, -0.05) is 17.7 Å². The van der Waals surface area contributed by atoms with Gasteiger partial charge in [0.15, 0.2) is 0 Å². The predicted octanol–water partition coefficient (Wildman–Crippen LogP) is 1.83. The summed E-state index contributed by atoms with van der Waals surface area (Å²) in [6.07, 6.45) is 4.02. The zero-order valence-electron chi connectivity index (χ0n) is 10.0.